The van der Waals surface area contributed by atoms with Gasteiger partial charge in [-0.25, -0.2) is 4.79 Å². The molecule has 0 aliphatic carbocycles. The number of rotatable bonds is 9. The van der Waals surface area contributed by atoms with E-state index in [1.807, 2.05) is 0 Å². The van der Waals surface area contributed by atoms with E-state index in [0.717, 1.165) is 11.1 Å². The Morgan fingerprint density at radius 1 is 1.16 bits per heavy atom. The highest BCUT2D eigenvalue weighted by Crippen LogP contribution is 2.30. The van der Waals surface area contributed by atoms with Gasteiger partial charge in [-0.3, -0.25) is 10.1 Å². The van der Waals surface area contributed by atoms with E-state index >= 15 is 0 Å². The lowest BCUT2D eigenvalue weighted by Gasteiger charge is -2.12. The van der Waals surface area contributed by atoms with Crippen LogP contribution >= 0.6 is 0 Å². The maximum Gasteiger partial charge on any atom is 0.338 e. The van der Waals surface area contributed by atoms with E-state index < -0.39 is 4.92 Å². The van der Waals surface area contributed by atoms with Crippen LogP contribution in [0.2, 0.25) is 0 Å². The van der Waals surface area contributed by atoms with Crippen molar-refractivity contribution in [3.05, 3.63) is 80.7 Å². The molecule has 166 valence electrons. The number of ether oxygens (including phenoxy) is 3. The van der Waals surface area contributed by atoms with E-state index in [0.29, 0.717) is 23.7 Å². The molecule has 0 unspecified atom stereocenters. The van der Waals surface area contributed by atoms with Gasteiger partial charge in [-0.2, -0.15) is 0 Å². The number of nitrogens with zero attached hydrogens (tertiary/aromatic N) is 2. The molecule has 0 bridgehead atoms. The average molecular weight is 438 g/mol. The molecule has 0 aliphatic rings. The quantitative estimate of drug-likeness (QED) is 0.265. The molecule has 0 amide bonds. The highest BCUT2D eigenvalue weighted by molar-refractivity contribution is 5.89. The maximum atomic E-state index is 11.7. The van der Waals surface area contributed by atoms with Gasteiger partial charge in [-0.15, -0.1) is 0 Å². The van der Waals surface area contributed by atoms with Crippen LogP contribution in [-0.2, 0) is 11.3 Å². The molecular weight excluding hydrogens is 416 g/mol. The fraction of sp³-hybridized carbons (Fsp3) is 0.217. The number of hydrogen-bond acceptors (Lipinski definition) is 8. The van der Waals surface area contributed by atoms with Crippen molar-refractivity contribution in [2.24, 2.45) is 0 Å². The molecule has 0 atom stereocenters. The molecular formula is C23H22N2O7. The molecule has 3 aromatic rings. The van der Waals surface area contributed by atoms with Gasteiger partial charge >= 0.3 is 11.7 Å². The number of benzene rings is 2. The van der Waals surface area contributed by atoms with E-state index in [1.165, 1.54) is 20.1 Å². The van der Waals surface area contributed by atoms with Gasteiger partial charge in [0.1, 0.15) is 6.61 Å². The largest absolute Gasteiger partial charge is 0.493 e. The van der Waals surface area contributed by atoms with E-state index in [2.05, 4.69) is 5.16 Å². The van der Waals surface area contributed by atoms with Crippen LogP contribution in [0, 0.1) is 17.0 Å². The van der Waals surface area contributed by atoms with Crippen LogP contribution in [0.1, 0.15) is 39.9 Å². The molecule has 0 spiro atoms. The summed E-state index contributed by atoms with van der Waals surface area (Å²) in [6, 6.07) is 12.2. The molecule has 1 heterocycles. The van der Waals surface area contributed by atoms with Gasteiger partial charge in [0, 0.05) is 0 Å². The fourth-order valence-electron chi connectivity index (χ4n) is 2.91. The Balaban J connectivity index is 1.69. The normalized spacial score (nSPS) is 10.8. The zero-order valence-corrected chi connectivity index (χ0v) is 17.9. The smallest absolute Gasteiger partial charge is 0.338 e. The first-order valence-electron chi connectivity index (χ1n) is 9.78. The van der Waals surface area contributed by atoms with Crippen molar-refractivity contribution in [1.82, 2.24) is 5.16 Å². The van der Waals surface area contributed by atoms with Gasteiger partial charge in [0.25, 0.3) is 0 Å². The Morgan fingerprint density at radius 2 is 1.91 bits per heavy atom. The number of methoxy groups -OCH3 is 1. The van der Waals surface area contributed by atoms with Crippen molar-refractivity contribution >= 4 is 23.8 Å². The van der Waals surface area contributed by atoms with Crippen molar-refractivity contribution in [2.45, 2.75) is 20.5 Å². The lowest BCUT2D eigenvalue weighted by atomic mass is 10.1. The average Bonchev–Trinajstić information content (AvgIpc) is 3.17. The number of carbonyl (C=O) groups is 1. The molecule has 0 aliphatic heterocycles. The Bertz CT molecular complexity index is 1130. The summed E-state index contributed by atoms with van der Waals surface area (Å²) in [7, 11) is 1.52. The predicted molar refractivity (Wildman–Crippen MR) is 117 cm³/mol. The minimum absolute atomic E-state index is 0.0676. The first-order chi connectivity index (χ1) is 15.4. The first-order valence-corrected chi connectivity index (χ1v) is 9.78. The van der Waals surface area contributed by atoms with Crippen LogP contribution in [0.25, 0.3) is 12.2 Å². The molecule has 9 heteroatoms. The van der Waals surface area contributed by atoms with Crippen molar-refractivity contribution in [1.29, 1.82) is 0 Å². The standard InChI is InChI=1S/C23H22N2O7/c1-4-30-23(26)18-9-5-17(6-10-18)14-31-19-11-7-16(13-21(19)29-3)8-12-20-22(25(27)28)15(2)24-32-20/h5-13H,4,14H2,1-3H3/b12-8+. The van der Waals surface area contributed by atoms with Crippen LogP contribution < -0.4 is 9.47 Å². The van der Waals surface area contributed by atoms with Gasteiger partial charge in [-0.1, -0.05) is 29.4 Å². The molecule has 9 nitrogen and oxygen atoms in total. The van der Waals surface area contributed by atoms with Gasteiger partial charge in [-0.05, 0) is 55.3 Å². The maximum absolute atomic E-state index is 11.7. The number of aromatic nitrogens is 1. The minimum atomic E-state index is -0.525. The molecule has 0 saturated heterocycles. The van der Waals surface area contributed by atoms with Gasteiger partial charge < -0.3 is 18.7 Å². The molecule has 0 fully saturated rings. The van der Waals surface area contributed by atoms with Gasteiger partial charge in [0.2, 0.25) is 5.76 Å². The highest BCUT2D eigenvalue weighted by Gasteiger charge is 2.21. The second-order valence-corrected chi connectivity index (χ2v) is 6.69. The SMILES string of the molecule is CCOC(=O)c1ccc(COc2ccc(/C=C/c3onc(C)c3[N+](=O)[O-])cc2OC)cc1. The number of carbonyl (C=O) groups excluding carboxylic acids is 1. The Hall–Kier alpha value is -4.14. The first kappa shape index (κ1) is 22.5. The summed E-state index contributed by atoms with van der Waals surface area (Å²) in [5.41, 5.74) is 2.13. The van der Waals surface area contributed by atoms with Crippen molar-refractivity contribution in [3.63, 3.8) is 0 Å². The van der Waals surface area contributed by atoms with Gasteiger partial charge in [0.05, 0.1) is 24.2 Å². The van der Waals surface area contributed by atoms with Crippen molar-refractivity contribution in [3.8, 4) is 11.5 Å². The van der Waals surface area contributed by atoms with Crippen LogP contribution in [0.3, 0.4) is 0 Å². The van der Waals surface area contributed by atoms with Crippen LogP contribution in [0.4, 0.5) is 5.69 Å². The molecule has 2 aromatic carbocycles. The molecule has 0 N–H and O–H groups in total. The topological polar surface area (TPSA) is 114 Å². The monoisotopic (exact) mass is 438 g/mol. The van der Waals surface area contributed by atoms with Gasteiger partial charge in [0.15, 0.2) is 17.2 Å². The summed E-state index contributed by atoms with van der Waals surface area (Å²) in [6.07, 6.45) is 3.14. The Morgan fingerprint density at radius 3 is 2.56 bits per heavy atom. The second kappa shape index (κ2) is 10.3. The fourth-order valence-corrected chi connectivity index (χ4v) is 2.91. The van der Waals surface area contributed by atoms with E-state index in [4.69, 9.17) is 18.7 Å². The molecule has 32 heavy (non-hydrogen) atoms. The Kier molecular flexibility index (Phi) is 7.22. The molecule has 0 radical (unpaired) electrons. The third-order valence-electron chi connectivity index (χ3n) is 4.51. The lowest BCUT2D eigenvalue weighted by Crippen LogP contribution is -2.05. The van der Waals surface area contributed by atoms with E-state index in [-0.39, 0.29) is 29.7 Å². The summed E-state index contributed by atoms with van der Waals surface area (Å²) in [6.45, 7) is 3.87. The summed E-state index contributed by atoms with van der Waals surface area (Å²) in [5.74, 6) is 0.730. The summed E-state index contributed by atoms with van der Waals surface area (Å²) in [5, 5.41) is 14.8. The zero-order chi connectivity index (χ0) is 23.1. The zero-order valence-electron chi connectivity index (χ0n) is 17.9. The second-order valence-electron chi connectivity index (χ2n) is 6.69. The van der Waals surface area contributed by atoms with Crippen molar-refractivity contribution in [2.75, 3.05) is 13.7 Å². The number of nitro groups is 1. The Labute approximate surface area is 184 Å². The summed E-state index contributed by atoms with van der Waals surface area (Å²) >= 11 is 0. The minimum Gasteiger partial charge on any atom is -0.493 e. The third-order valence-corrected chi connectivity index (χ3v) is 4.51. The number of aryl methyl sites for hydroxylation is 1. The summed E-state index contributed by atoms with van der Waals surface area (Å²) in [4.78, 5) is 22.3. The molecule has 0 saturated carbocycles. The van der Waals surface area contributed by atoms with Crippen LogP contribution in [0.15, 0.2) is 47.0 Å². The van der Waals surface area contributed by atoms with Crippen molar-refractivity contribution < 1.29 is 28.5 Å². The summed E-state index contributed by atoms with van der Waals surface area (Å²) < 4.78 is 21.2. The van der Waals surface area contributed by atoms with Crippen LogP contribution in [-0.4, -0.2) is 29.8 Å². The lowest BCUT2D eigenvalue weighted by molar-refractivity contribution is -0.386. The number of esters is 1. The third kappa shape index (κ3) is 5.31. The highest BCUT2D eigenvalue weighted by atomic mass is 16.6. The van der Waals surface area contributed by atoms with E-state index in [1.54, 1.807) is 55.5 Å². The number of hydrogen-bond donors (Lipinski definition) is 0. The van der Waals surface area contributed by atoms with Crippen LogP contribution in [0.5, 0.6) is 11.5 Å². The molecule has 3 rings (SSSR count). The van der Waals surface area contributed by atoms with E-state index in [9.17, 15) is 14.9 Å². The predicted octanol–water partition coefficient (Wildman–Crippen LogP) is 4.83. The molecule has 1 aromatic heterocycles.